The molecule has 1 aliphatic rings. The zero-order chi connectivity index (χ0) is 15.6. The molecule has 0 spiro atoms. The van der Waals surface area contributed by atoms with Crippen molar-refractivity contribution in [1.82, 2.24) is 4.90 Å². The summed E-state index contributed by atoms with van der Waals surface area (Å²) < 4.78 is 0. The molecule has 0 saturated carbocycles. The Morgan fingerprint density at radius 2 is 2.05 bits per heavy atom. The number of hydrogen-bond donors (Lipinski definition) is 1. The lowest BCUT2D eigenvalue weighted by Gasteiger charge is -2.34. The highest BCUT2D eigenvalue weighted by molar-refractivity contribution is 6.31. The number of nitrogens with one attached hydrogen (secondary N) is 1. The van der Waals surface area contributed by atoms with E-state index in [-0.39, 0.29) is 24.4 Å². The molecule has 1 unspecified atom stereocenters. The Morgan fingerprint density at radius 3 is 2.67 bits per heavy atom. The van der Waals surface area contributed by atoms with E-state index < -0.39 is 0 Å². The van der Waals surface area contributed by atoms with E-state index in [0.717, 1.165) is 5.69 Å². The lowest BCUT2D eigenvalue weighted by Crippen LogP contribution is -2.50. The number of halogens is 1. The second-order valence-corrected chi connectivity index (χ2v) is 5.45. The van der Waals surface area contributed by atoms with E-state index in [9.17, 15) is 9.59 Å². The Bertz CT molecular complexity index is 558. The number of nitrogens with zero attached hydrogens (tertiary/aromatic N) is 2. The molecule has 2 amide bonds. The van der Waals surface area contributed by atoms with Gasteiger partial charge in [0.1, 0.15) is 12.6 Å². The molecule has 0 aromatic heterocycles. The summed E-state index contributed by atoms with van der Waals surface area (Å²) in [6, 6.07) is 4.89. The van der Waals surface area contributed by atoms with Gasteiger partial charge in [0.25, 0.3) is 0 Å². The molecule has 0 fully saturated rings. The Labute approximate surface area is 129 Å². The zero-order valence-corrected chi connectivity index (χ0v) is 13.3. The summed E-state index contributed by atoms with van der Waals surface area (Å²) >= 11 is 5.99. The monoisotopic (exact) mass is 309 g/mol. The summed E-state index contributed by atoms with van der Waals surface area (Å²) in [5.74, 6) is -0.159. The molecule has 21 heavy (non-hydrogen) atoms. The summed E-state index contributed by atoms with van der Waals surface area (Å²) in [7, 11) is 0. The van der Waals surface area contributed by atoms with Crippen LogP contribution in [0.25, 0.3) is 0 Å². The van der Waals surface area contributed by atoms with Crippen molar-refractivity contribution in [2.45, 2.75) is 26.8 Å². The fraction of sp³-hybridized carbons (Fsp3) is 0.467. The lowest BCUT2D eigenvalue weighted by atomic mass is 10.1. The predicted octanol–water partition coefficient (Wildman–Crippen LogP) is 2.36. The van der Waals surface area contributed by atoms with Crippen LogP contribution in [-0.4, -0.2) is 42.4 Å². The molecule has 0 bridgehead atoms. The molecule has 1 N–H and O–H groups in total. The number of anilines is 2. The number of hydrogen-bond acceptors (Lipinski definition) is 3. The van der Waals surface area contributed by atoms with E-state index in [0.29, 0.717) is 23.8 Å². The van der Waals surface area contributed by atoms with Crippen LogP contribution in [0.5, 0.6) is 0 Å². The van der Waals surface area contributed by atoms with Gasteiger partial charge >= 0.3 is 0 Å². The number of likely N-dealkylation sites (N-methyl/N-ethyl adjacent to an activating group) is 1. The minimum absolute atomic E-state index is 0.0525. The molecule has 1 atom stereocenters. The van der Waals surface area contributed by atoms with Gasteiger partial charge in [-0.15, -0.1) is 0 Å². The van der Waals surface area contributed by atoms with Crippen LogP contribution in [0.4, 0.5) is 11.4 Å². The third-order valence-corrected chi connectivity index (χ3v) is 3.90. The van der Waals surface area contributed by atoms with Gasteiger partial charge in [0.2, 0.25) is 11.8 Å². The summed E-state index contributed by atoms with van der Waals surface area (Å²) in [6.07, 6.45) is 0. The first-order valence-electron chi connectivity index (χ1n) is 7.13. The van der Waals surface area contributed by atoms with Gasteiger partial charge in [0.15, 0.2) is 0 Å². The Morgan fingerprint density at radius 1 is 1.38 bits per heavy atom. The van der Waals surface area contributed by atoms with Gasteiger partial charge in [-0.05, 0) is 39.0 Å². The van der Waals surface area contributed by atoms with Crippen molar-refractivity contribution >= 4 is 34.8 Å². The van der Waals surface area contributed by atoms with Crippen molar-refractivity contribution in [3.8, 4) is 0 Å². The molecule has 1 aliphatic heterocycles. The van der Waals surface area contributed by atoms with E-state index in [2.05, 4.69) is 5.32 Å². The average Bonchev–Trinajstić information content (AvgIpc) is 2.45. The first kappa shape index (κ1) is 15.6. The summed E-state index contributed by atoms with van der Waals surface area (Å²) in [5, 5.41) is 3.71. The maximum Gasteiger partial charge on any atom is 0.249 e. The van der Waals surface area contributed by atoms with Crippen molar-refractivity contribution < 1.29 is 9.59 Å². The van der Waals surface area contributed by atoms with Gasteiger partial charge in [0, 0.05) is 18.1 Å². The van der Waals surface area contributed by atoms with Gasteiger partial charge in [-0.2, -0.15) is 0 Å². The average molecular weight is 310 g/mol. The molecule has 2 rings (SSSR count). The normalized spacial score (nSPS) is 17.2. The third-order valence-electron chi connectivity index (χ3n) is 3.67. The van der Waals surface area contributed by atoms with Crippen LogP contribution in [0.2, 0.25) is 5.02 Å². The first-order valence-corrected chi connectivity index (χ1v) is 7.51. The highest BCUT2D eigenvalue weighted by Crippen LogP contribution is 2.33. The van der Waals surface area contributed by atoms with E-state index in [1.165, 1.54) is 4.90 Å². The van der Waals surface area contributed by atoms with Crippen LogP contribution in [-0.2, 0) is 9.59 Å². The molecule has 5 nitrogen and oxygen atoms in total. The Balaban J connectivity index is 2.30. The van der Waals surface area contributed by atoms with Crippen molar-refractivity contribution in [3.63, 3.8) is 0 Å². The van der Waals surface area contributed by atoms with Gasteiger partial charge in [0.05, 0.1) is 11.4 Å². The largest absolute Gasteiger partial charge is 0.372 e. The summed E-state index contributed by atoms with van der Waals surface area (Å²) in [6.45, 7) is 6.97. The van der Waals surface area contributed by atoms with Crippen LogP contribution in [0.15, 0.2) is 18.2 Å². The Hall–Kier alpha value is -1.75. The molecular weight excluding hydrogens is 290 g/mol. The second-order valence-electron chi connectivity index (χ2n) is 5.02. The molecule has 1 aromatic carbocycles. The zero-order valence-electron chi connectivity index (χ0n) is 12.5. The van der Waals surface area contributed by atoms with Crippen LogP contribution in [0.3, 0.4) is 0 Å². The number of fused-ring (bicyclic) bond motifs is 1. The van der Waals surface area contributed by atoms with E-state index in [1.807, 2.05) is 13.8 Å². The van der Waals surface area contributed by atoms with Gasteiger partial charge in [-0.1, -0.05) is 11.6 Å². The standard InChI is InChI=1S/C15H20ClN3O2/c1-4-18(5-2)14(20)9-19-13-7-6-11(16)8-12(13)17-10(3)15(19)21/h6-8,10,17H,4-5,9H2,1-3H3. The van der Waals surface area contributed by atoms with Crippen LogP contribution >= 0.6 is 11.6 Å². The van der Waals surface area contributed by atoms with Crippen LogP contribution in [0.1, 0.15) is 20.8 Å². The number of carbonyl (C=O) groups excluding carboxylic acids is 2. The quantitative estimate of drug-likeness (QED) is 0.929. The van der Waals surface area contributed by atoms with E-state index in [1.54, 1.807) is 30.0 Å². The van der Waals surface area contributed by atoms with Crippen molar-refractivity contribution in [1.29, 1.82) is 0 Å². The fourth-order valence-electron chi connectivity index (χ4n) is 2.48. The van der Waals surface area contributed by atoms with Gasteiger partial charge in [-0.3, -0.25) is 14.5 Å². The number of carbonyl (C=O) groups is 2. The fourth-order valence-corrected chi connectivity index (χ4v) is 2.65. The molecule has 0 radical (unpaired) electrons. The number of benzene rings is 1. The second kappa shape index (κ2) is 6.35. The van der Waals surface area contributed by atoms with Gasteiger partial charge < -0.3 is 10.2 Å². The van der Waals surface area contributed by atoms with Crippen molar-refractivity contribution in [2.75, 3.05) is 29.9 Å². The first-order chi connectivity index (χ1) is 9.97. The van der Waals surface area contributed by atoms with Gasteiger partial charge in [-0.25, -0.2) is 0 Å². The maximum absolute atomic E-state index is 12.4. The van der Waals surface area contributed by atoms with E-state index in [4.69, 9.17) is 11.6 Å². The van der Waals surface area contributed by atoms with E-state index >= 15 is 0 Å². The molecule has 1 heterocycles. The molecular formula is C15H20ClN3O2. The number of rotatable bonds is 4. The van der Waals surface area contributed by atoms with Crippen LogP contribution < -0.4 is 10.2 Å². The lowest BCUT2D eigenvalue weighted by molar-refractivity contribution is -0.131. The molecule has 0 saturated heterocycles. The Kier molecular flexibility index (Phi) is 4.73. The summed E-state index contributed by atoms with van der Waals surface area (Å²) in [4.78, 5) is 27.9. The highest BCUT2D eigenvalue weighted by Gasteiger charge is 2.31. The summed E-state index contributed by atoms with van der Waals surface area (Å²) in [5.41, 5.74) is 1.48. The topological polar surface area (TPSA) is 52.7 Å². The van der Waals surface area contributed by atoms with Crippen molar-refractivity contribution in [3.05, 3.63) is 23.2 Å². The number of amides is 2. The molecule has 6 heteroatoms. The molecule has 114 valence electrons. The minimum atomic E-state index is -0.375. The van der Waals surface area contributed by atoms with Crippen LogP contribution in [0, 0.1) is 0 Å². The van der Waals surface area contributed by atoms with Crippen molar-refractivity contribution in [2.24, 2.45) is 0 Å². The molecule has 1 aromatic rings. The SMILES string of the molecule is CCN(CC)C(=O)CN1C(=O)C(C)Nc2cc(Cl)ccc21. The molecule has 0 aliphatic carbocycles. The predicted molar refractivity (Wildman–Crippen MR) is 84.8 cm³/mol. The maximum atomic E-state index is 12.4. The third kappa shape index (κ3) is 3.13. The highest BCUT2D eigenvalue weighted by atomic mass is 35.5. The smallest absolute Gasteiger partial charge is 0.249 e. The minimum Gasteiger partial charge on any atom is -0.372 e.